The molecule has 2 heteroatoms. The van der Waals surface area contributed by atoms with Crippen LogP contribution in [0.5, 0.6) is 0 Å². The zero-order valence-corrected chi connectivity index (χ0v) is 13.1. The van der Waals surface area contributed by atoms with Gasteiger partial charge in [0.25, 0.3) is 0 Å². The minimum atomic E-state index is 0.364. The lowest BCUT2D eigenvalue weighted by Gasteiger charge is -2.41. The predicted molar refractivity (Wildman–Crippen MR) is 84.8 cm³/mol. The van der Waals surface area contributed by atoms with E-state index >= 15 is 0 Å². The molecule has 0 spiro atoms. The SMILES string of the molecule is CSC1(CNC2c3ccccc3CCC2(C)C)CC1. The molecule has 3 rings (SSSR count). The van der Waals surface area contributed by atoms with Crippen LogP contribution in [-0.2, 0) is 6.42 Å². The van der Waals surface area contributed by atoms with Crippen molar-refractivity contribution in [1.29, 1.82) is 0 Å². The van der Waals surface area contributed by atoms with E-state index in [1.165, 1.54) is 31.2 Å². The summed E-state index contributed by atoms with van der Waals surface area (Å²) in [7, 11) is 0. The molecule has 0 amide bonds. The summed E-state index contributed by atoms with van der Waals surface area (Å²) < 4.78 is 0.544. The Bertz CT molecular complexity index is 462. The molecule has 0 heterocycles. The third kappa shape index (κ3) is 2.57. The summed E-state index contributed by atoms with van der Waals surface area (Å²) in [5.74, 6) is 0. The first-order valence-corrected chi connectivity index (χ1v) is 8.65. The largest absolute Gasteiger partial charge is 0.308 e. The molecule has 1 aromatic rings. The minimum Gasteiger partial charge on any atom is -0.308 e. The molecule has 2 aliphatic rings. The Morgan fingerprint density at radius 2 is 1.95 bits per heavy atom. The molecule has 1 unspecified atom stereocenters. The Labute approximate surface area is 121 Å². The molecule has 1 aromatic carbocycles. The number of rotatable bonds is 4. The highest BCUT2D eigenvalue weighted by molar-refractivity contribution is 8.00. The van der Waals surface area contributed by atoms with Crippen LogP contribution in [0.25, 0.3) is 0 Å². The van der Waals surface area contributed by atoms with E-state index in [-0.39, 0.29) is 0 Å². The second-order valence-corrected chi connectivity index (χ2v) is 8.16. The highest BCUT2D eigenvalue weighted by Gasteiger charge is 2.44. The van der Waals surface area contributed by atoms with Gasteiger partial charge in [0, 0.05) is 17.3 Å². The summed E-state index contributed by atoms with van der Waals surface area (Å²) in [6.45, 7) is 6.00. The van der Waals surface area contributed by atoms with Gasteiger partial charge in [-0.25, -0.2) is 0 Å². The first-order valence-electron chi connectivity index (χ1n) is 7.43. The molecule has 0 aromatic heterocycles. The van der Waals surface area contributed by atoms with Crippen LogP contribution in [0.15, 0.2) is 24.3 Å². The molecular formula is C17H25NS. The Balaban J connectivity index is 1.81. The molecule has 0 aliphatic heterocycles. The van der Waals surface area contributed by atoms with Crippen LogP contribution in [0.3, 0.4) is 0 Å². The van der Waals surface area contributed by atoms with E-state index in [9.17, 15) is 0 Å². The van der Waals surface area contributed by atoms with Gasteiger partial charge >= 0.3 is 0 Å². The molecule has 104 valence electrons. The van der Waals surface area contributed by atoms with Crippen LogP contribution in [0.2, 0.25) is 0 Å². The second kappa shape index (κ2) is 4.82. The van der Waals surface area contributed by atoms with Crippen molar-refractivity contribution >= 4 is 11.8 Å². The molecule has 19 heavy (non-hydrogen) atoms. The lowest BCUT2D eigenvalue weighted by molar-refractivity contribution is 0.209. The summed E-state index contributed by atoms with van der Waals surface area (Å²) in [5.41, 5.74) is 3.45. The van der Waals surface area contributed by atoms with Crippen molar-refractivity contribution in [3.63, 3.8) is 0 Å². The average molecular weight is 275 g/mol. The maximum atomic E-state index is 3.90. The van der Waals surface area contributed by atoms with Crippen molar-refractivity contribution in [2.24, 2.45) is 5.41 Å². The number of aryl methyl sites for hydroxylation is 1. The van der Waals surface area contributed by atoms with Crippen molar-refractivity contribution in [1.82, 2.24) is 5.32 Å². The van der Waals surface area contributed by atoms with Crippen molar-refractivity contribution in [2.75, 3.05) is 12.8 Å². The summed E-state index contributed by atoms with van der Waals surface area (Å²) in [6.07, 6.45) is 7.55. The van der Waals surface area contributed by atoms with Gasteiger partial charge in [0.05, 0.1) is 0 Å². The van der Waals surface area contributed by atoms with Crippen LogP contribution in [0.4, 0.5) is 0 Å². The van der Waals surface area contributed by atoms with E-state index in [0.717, 1.165) is 6.54 Å². The number of thioether (sulfide) groups is 1. The Morgan fingerprint density at radius 3 is 2.63 bits per heavy atom. The summed E-state index contributed by atoms with van der Waals surface area (Å²) in [4.78, 5) is 0. The Morgan fingerprint density at radius 1 is 1.21 bits per heavy atom. The van der Waals surface area contributed by atoms with Crippen molar-refractivity contribution in [3.8, 4) is 0 Å². The smallest absolute Gasteiger partial charge is 0.0375 e. The van der Waals surface area contributed by atoms with Gasteiger partial charge in [-0.2, -0.15) is 11.8 Å². The molecule has 0 radical (unpaired) electrons. The monoisotopic (exact) mass is 275 g/mol. The fraction of sp³-hybridized carbons (Fsp3) is 0.647. The molecule has 1 nitrogen and oxygen atoms in total. The summed E-state index contributed by atoms with van der Waals surface area (Å²) >= 11 is 2.05. The van der Waals surface area contributed by atoms with Crippen molar-refractivity contribution in [3.05, 3.63) is 35.4 Å². The molecule has 1 saturated carbocycles. The van der Waals surface area contributed by atoms with Gasteiger partial charge in [-0.1, -0.05) is 38.1 Å². The van der Waals surface area contributed by atoms with Crippen LogP contribution >= 0.6 is 11.8 Å². The Hall–Kier alpha value is -0.470. The zero-order chi connectivity index (χ0) is 13.5. The molecule has 1 atom stereocenters. The van der Waals surface area contributed by atoms with E-state index in [1.807, 2.05) is 11.8 Å². The maximum absolute atomic E-state index is 3.90. The lowest BCUT2D eigenvalue weighted by atomic mass is 9.70. The van der Waals surface area contributed by atoms with Crippen LogP contribution in [0.1, 0.15) is 50.3 Å². The van der Waals surface area contributed by atoms with E-state index in [0.29, 0.717) is 16.2 Å². The zero-order valence-electron chi connectivity index (χ0n) is 12.3. The first-order chi connectivity index (χ1) is 9.06. The minimum absolute atomic E-state index is 0.364. The van der Waals surface area contributed by atoms with E-state index in [1.54, 1.807) is 5.56 Å². The molecule has 0 bridgehead atoms. The summed E-state index contributed by atoms with van der Waals surface area (Å²) in [6, 6.07) is 9.52. The van der Waals surface area contributed by atoms with E-state index in [2.05, 4.69) is 49.7 Å². The third-order valence-electron chi connectivity index (χ3n) is 5.06. The first kappa shape index (κ1) is 13.5. The topological polar surface area (TPSA) is 12.0 Å². The Kier molecular flexibility index (Phi) is 3.43. The molecular weight excluding hydrogens is 250 g/mol. The maximum Gasteiger partial charge on any atom is 0.0375 e. The van der Waals surface area contributed by atoms with Gasteiger partial charge in [0.1, 0.15) is 0 Å². The number of nitrogens with one attached hydrogen (secondary N) is 1. The van der Waals surface area contributed by atoms with Crippen LogP contribution in [-0.4, -0.2) is 17.5 Å². The van der Waals surface area contributed by atoms with Gasteiger partial charge in [-0.05, 0) is 48.5 Å². The van der Waals surface area contributed by atoms with Crippen LogP contribution in [0, 0.1) is 5.41 Å². The number of hydrogen-bond acceptors (Lipinski definition) is 2. The molecule has 1 N–H and O–H groups in total. The van der Waals surface area contributed by atoms with Gasteiger partial charge in [0.15, 0.2) is 0 Å². The van der Waals surface area contributed by atoms with Crippen molar-refractivity contribution in [2.45, 2.75) is 50.3 Å². The van der Waals surface area contributed by atoms with Gasteiger partial charge in [-0.3, -0.25) is 0 Å². The molecule has 1 fully saturated rings. The third-order valence-corrected chi connectivity index (χ3v) is 6.47. The standard InChI is InChI=1S/C17H25NS/c1-16(2)9-8-13-6-4-5-7-14(13)15(16)18-12-17(19-3)10-11-17/h4-7,15,18H,8-12H2,1-3H3. The van der Waals surface area contributed by atoms with E-state index < -0.39 is 0 Å². The van der Waals surface area contributed by atoms with Gasteiger partial charge in [-0.15, -0.1) is 0 Å². The van der Waals surface area contributed by atoms with E-state index in [4.69, 9.17) is 0 Å². The highest BCUT2D eigenvalue weighted by atomic mass is 32.2. The van der Waals surface area contributed by atoms with Crippen LogP contribution < -0.4 is 5.32 Å². The predicted octanol–water partition coefficient (Wildman–Crippen LogP) is 4.19. The highest BCUT2D eigenvalue weighted by Crippen LogP contribution is 2.48. The molecule has 2 aliphatic carbocycles. The van der Waals surface area contributed by atoms with Gasteiger partial charge < -0.3 is 5.32 Å². The number of hydrogen-bond donors (Lipinski definition) is 1. The summed E-state index contributed by atoms with van der Waals surface area (Å²) in [5, 5.41) is 3.90. The van der Waals surface area contributed by atoms with Crippen molar-refractivity contribution < 1.29 is 0 Å². The normalized spacial score (nSPS) is 26.8. The van der Waals surface area contributed by atoms with Gasteiger partial charge in [0.2, 0.25) is 0 Å². The molecule has 0 saturated heterocycles. The fourth-order valence-corrected chi connectivity index (χ4v) is 4.07. The quantitative estimate of drug-likeness (QED) is 0.884. The lowest BCUT2D eigenvalue weighted by Crippen LogP contribution is -2.41. The average Bonchev–Trinajstić information content (AvgIpc) is 3.18. The number of benzene rings is 1. The fourth-order valence-electron chi connectivity index (χ4n) is 3.33. The second-order valence-electron chi connectivity index (χ2n) is 6.89. The number of fused-ring (bicyclic) bond motifs is 1.